The molecular formula is C22H20N4O. The Balaban J connectivity index is 1.74. The fourth-order valence-corrected chi connectivity index (χ4v) is 3.16. The lowest BCUT2D eigenvalue weighted by Crippen LogP contribution is -2.27. The number of pyridine rings is 1. The number of amides is 1. The van der Waals surface area contributed by atoms with Gasteiger partial charge in [-0.3, -0.25) is 9.48 Å². The number of carbonyl (C=O) groups is 1. The molecule has 4 aromatic rings. The molecule has 1 atom stereocenters. The summed E-state index contributed by atoms with van der Waals surface area (Å²) in [6.07, 6.45) is 3.65. The summed E-state index contributed by atoms with van der Waals surface area (Å²) in [5.74, 6) is -0.116. The molecule has 0 spiro atoms. The number of fused-ring (bicyclic) bond motifs is 1. The monoisotopic (exact) mass is 356 g/mol. The van der Waals surface area contributed by atoms with Crippen molar-refractivity contribution in [1.29, 1.82) is 0 Å². The molecule has 5 heteroatoms. The summed E-state index contributed by atoms with van der Waals surface area (Å²) in [6.45, 7) is 1.98. The highest BCUT2D eigenvalue weighted by atomic mass is 16.1. The van der Waals surface area contributed by atoms with Gasteiger partial charge in [0, 0.05) is 24.2 Å². The van der Waals surface area contributed by atoms with Gasteiger partial charge in [0.05, 0.1) is 29.0 Å². The molecule has 0 aliphatic carbocycles. The quantitative estimate of drug-likeness (QED) is 0.598. The molecular weight excluding hydrogens is 336 g/mol. The maximum atomic E-state index is 13.1. The third-order valence-corrected chi connectivity index (χ3v) is 4.61. The van der Waals surface area contributed by atoms with Crippen molar-refractivity contribution >= 4 is 16.8 Å². The van der Waals surface area contributed by atoms with Crippen molar-refractivity contribution in [3.63, 3.8) is 0 Å². The molecule has 5 nitrogen and oxygen atoms in total. The van der Waals surface area contributed by atoms with Crippen LogP contribution in [0.2, 0.25) is 0 Å². The Morgan fingerprint density at radius 3 is 2.56 bits per heavy atom. The predicted molar refractivity (Wildman–Crippen MR) is 106 cm³/mol. The lowest BCUT2D eigenvalue weighted by Gasteiger charge is -2.16. The van der Waals surface area contributed by atoms with Crippen LogP contribution in [-0.4, -0.2) is 20.7 Å². The summed E-state index contributed by atoms with van der Waals surface area (Å²) >= 11 is 0. The van der Waals surface area contributed by atoms with E-state index in [9.17, 15) is 4.79 Å². The molecule has 134 valence electrons. The third-order valence-electron chi connectivity index (χ3n) is 4.61. The van der Waals surface area contributed by atoms with Gasteiger partial charge in [-0.2, -0.15) is 5.10 Å². The second-order valence-corrected chi connectivity index (χ2v) is 6.58. The van der Waals surface area contributed by atoms with Crippen molar-refractivity contribution < 1.29 is 4.79 Å². The molecule has 0 radical (unpaired) electrons. The number of carbonyl (C=O) groups excluding carboxylic acids is 1. The minimum absolute atomic E-state index is 0.0903. The van der Waals surface area contributed by atoms with Crippen LogP contribution in [0.25, 0.3) is 22.2 Å². The van der Waals surface area contributed by atoms with E-state index in [2.05, 4.69) is 10.4 Å². The van der Waals surface area contributed by atoms with Crippen molar-refractivity contribution in [2.24, 2.45) is 7.05 Å². The van der Waals surface area contributed by atoms with E-state index in [-0.39, 0.29) is 11.9 Å². The molecule has 0 bridgehead atoms. The van der Waals surface area contributed by atoms with E-state index in [1.807, 2.05) is 80.8 Å². The van der Waals surface area contributed by atoms with E-state index in [1.54, 1.807) is 10.9 Å². The fourth-order valence-electron chi connectivity index (χ4n) is 3.16. The molecule has 0 fully saturated rings. The van der Waals surface area contributed by atoms with E-state index in [4.69, 9.17) is 4.98 Å². The maximum absolute atomic E-state index is 13.1. The summed E-state index contributed by atoms with van der Waals surface area (Å²) in [7, 11) is 1.86. The number of rotatable bonds is 4. The van der Waals surface area contributed by atoms with Crippen molar-refractivity contribution in [2.45, 2.75) is 13.0 Å². The third kappa shape index (κ3) is 3.44. The molecule has 1 N–H and O–H groups in total. The number of nitrogens with one attached hydrogen (secondary N) is 1. The van der Waals surface area contributed by atoms with Crippen molar-refractivity contribution in [3.8, 4) is 11.3 Å². The zero-order valence-electron chi connectivity index (χ0n) is 15.3. The molecule has 0 aliphatic heterocycles. The zero-order chi connectivity index (χ0) is 18.8. The second-order valence-electron chi connectivity index (χ2n) is 6.58. The highest BCUT2D eigenvalue weighted by Crippen LogP contribution is 2.25. The largest absolute Gasteiger partial charge is 0.345 e. The van der Waals surface area contributed by atoms with Crippen LogP contribution in [-0.2, 0) is 7.05 Å². The van der Waals surface area contributed by atoms with Gasteiger partial charge in [0.2, 0.25) is 0 Å². The van der Waals surface area contributed by atoms with Gasteiger partial charge in [-0.25, -0.2) is 4.98 Å². The average molecular weight is 356 g/mol. The van der Waals surface area contributed by atoms with Crippen LogP contribution in [0.3, 0.4) is 0 Å². The minimum Gasteiger partial charge on any atom is -0.345 e. The van der Waals surface area contributed by atoms with Crippen LogP contribution in [0.5, 0.6) is 0 Å². The fraction of sp³-hybridized carbons (Fsp3) is 0.136. The molecule has 1 amide bonds. The van der Waals surface area contributed by atoms with Crippen LogP contribution < -0.4 is 5.32 Å². The van der Waals surface area contributed by atoms with Gasteiger partial charge >= 0.3 is 0 Å². The molecule has 2 aromatic carbocycles. The predicted octanol–water partition coefficient (Wildman–Crippen LogP) is 4.13. The summed E-state index contributed by atoms with van der Waals surface area (Å²) in [5.41, 5.74) is 4.09. The normalized spacial score (nSPS) is 12.1. The number of nitrogens with zero attached hydrogens (tertiary/aromatic N) is 3. The van der Waals surface area contributed by atoms with Crippen LogP contribution in [0, 0.1) is 0 Å². The van der Waals surface area contributed by atoms with Crippen LogP contribution in [0.1, 0.15) is 28.9 Å². The van der Waals surface area contributed by atoms with E-state index in [1.165, 1.54) is 0 Å². The number of aromatic nitrogens is 3. The van der Waals surface area contributed by atoms with Gasteiger partial charge in [0.15, 0.2) is 0 Å². The summed E-state index contributed by atoms with van der Waals surface area (Å²) in [6, 6.07) is 19.4. The van der Waals surface area contributed by atoms with Gasteiger partial charge in [0.25, 0.3) is 5.91 Å². The first-order valence-corrected chi connectivity index (χ1v) is 8.86. The van der Waals surface area contributed by atoms with Crippen molar-refractivity contribution in [1.82, 2.24) is 20.1 Å². The van der Waals surface area contributed by atoms with Crippen LogP contribution in [0.15, 0.2) is 73.1 Å². The molecule has 27 heavy (non-hydrogen) atoms. The Hall–Kier alpha value is -3.47. The highest BCUT2D eigenvalue weighted by molar-refractivity contribution is 6.07. The molecule has 2 heterocycles. The maximum Gasteiger partial charge on any atom is 0.252 e. The van der Waals surface area contributed by atoms with Crippen molar-refractivity contribution in [3.05, 3.63) is 84.2 Å². The molecule has 2 aromatic heterocycles. The minimum atomic E-state index is -0.116. The lowest BCUT2D eigenvalue weighted by atomic mass is 10.0. The average Bonchev–Trinajstić information content (AvgIpc) is 3.14. The first-order chi connectivity index (χ1) is 13.1. The smallest absolute Gasteiger partial charge is 0.252 e. The topological polar surface area (TPSA) is 59.8 Å². The summed E-state index contributed by atoms with van der Waals surface area (Å²) in [4.78, 5) is 17.8. The van der Waals surface area contributed by atoms with Gasteiger partial charge < -0.3 is 5.32 Å². The van der Waals surface area contributed by atoms with Crippen LogP contribution >= 0.6 is 0 Å². The number of benzene rings is 2. The van der Waals surface area contributed by atoms with E-state index >= 15 is 0 Å². The Bertz CT molecular complexity index is 1100. The first kappa shape index (κ1) is 17.0. The molecule has 4 rings (SSSR count). The Labute approximate surface area is 157 Å². The molecule has 0 saturated heterocycles. The molecule has 1 unspecified atom stereocenters. The Kier molecular flexibility index (Phi) is 4.42. The van der Waals surface area contributed by atoms with Gasteiger partial charge in [0.1, 0.15) is 0 Å². The van der Waals surface area contributed by atoms with Gasteiger partial charge in [-0.15, -0.1) is 0 Å². The van der Waals surface area contributed by atoms with Crippen molar-refractivity contribution in [2.75, 3.05) is 0 Å². The van der Waals surface area contributed by atoms with E-state index in [0.29, 0.717) is 5.56 Å². The number of hydrogen-bond donors (Lipinski definition) is 1. The highest BCUT2D eigenvalue weighted by Gasteiger charge is 2.17. The van der Waals surface area contributed by atoms with E-state index < -0.39 is 0 Å². The van der Waals surface area contributed by atoms with E-state index in [0.717, 1.165) is 27.7 Å². The zero-order valence-corrected chi connectivity index (χ0v) is 15.3. The number of para-hydroxylation sites is 1. The number of hydrogen-bond acceptors (Lipinski definition) is 3. The van der Waals surface area contributed by atoms with Gasteiger partial charge in [-0.05, 0) is 24.6 Å². The summed E-state index contributed by atoms with van der Waals surface area (Å²) in [5, 5.41) is 8.15. The summed E-state index contributed by atoms with van der Waals surface area (Å²) < 4.78 is 1.73. The van der Waals surface area contributed by atoms with Crippen LogP contribution in [0.4, 0.5) is 0 Å². The molecule has 0 saturated carbocycles. The standard InChI is InChI=1S/C22H20N4O/c1-15(16-8-4-3-5-9-16)24-22(27)19-12-21(17-13-23-26(2)14-17)25-20-11-7-6-10-18(19)20/h3-15H,1-2H3,(H,24,27). The lowest BCUT2D eigenvalue weighted by molar-refractivity contribution is 0.0941. The Morgan fingerprint density at radius 1 is 1.07 bits per heavy atom. The number of aryl methyl sites for hydroxylation is 1. The Morgan fingerprint density at radius 2 is 1.81 bits per heavy atom. The first-order valence-electron chi connectivity index (χ1n) is 8.86. The molecule has 0 aliphatic rings. The van der Waals surface area contributed by atoms with Gasteiger partial charge in [-0.1, -0.05) is 48.5 Å². The second kappa shape index (κ2) is 7.03. The SMILES string of the molecule is CC(NC(=O)c1cc(-c2cnn(C)c2)nc2ccccc12)c1ccccc1.